The molecule has 0 aliphatic carbocycles. The number of hydrogen-bond donors (Lipinski definition) is 1. The van der Waals surface area contributed by atoms with Gasteiger partial charge in [-0.25, -0.2) is 8.42 Å². The Morgan fingerprint density at radius 2 is 1.87 bits per heavy atom. The Kier molecular flexibility index (Phi) is 7.68. The predicted octanol–water partition coefficient (Wildman–Crippen LogP) is 0.443. The van der Waals surface area contributed by atoms with Crippen LogP contribution in [0.4, 0.5) is 5.69 Å². The van der Waals surface area contributed by atoms with E-state index in [1.807, 2.05) is 0 Å². The summed E-state index contributed by atoms with van der Waals surface area (Å²) >= 11 is 0. The Hall–Kier alpha value is -2.01. The minimum Gasteiger partial charge on any atom is -0.379 e. The van der Waals surface area contributed by atoms with E-state index >= 15 is 0 Å². The molecular formula is C21H32N4O5S. The van der Waals surface area contributed by atoms with Gasteiger partial charge in [-0.05, 0) is 23.8 Å². The first-order valence-corrected chi connectivity index (χ1v) is 12.2. The summed E-state index contributed by atoms with van der Waals surface area (Å²) in [6, 6.07) is 4.07. The molecule has 1 N–H and O–H groups in total. The molecule has 0 saturated carbocycles. The van der Waals surface area contributed by atoms with Crippen molar-refractivity contribution in [3.05, 3.63) is 23.8 Å². The quantitative estimate of drug-likeness (QED) is 0.615. The molecule has 172 valence electrons. The number of morpholine rings is 1. The molecule has 2 aliphatic heterocycles. The van der Waals surface area contributed by atoms with Gasteiger partial charge in [-0.1, -0.05) is 13.8 Å². The van der Waals surface area contributed by atoms with Gasteiger partial charge in [-0.3, -0.25) is 19.4 Å². The third-order valence-corrected chi connectivity index (χ3v) is 7.90. The molecule has 1 aromatic carbocycles. The highest BCUT2D eigenvalue weighted by Crippen LogP contribution is 2.34. The van der Waals surface area contributed by atoms with Gasteiger partial charge in [0, 0.05) is 58.3 Å². The van der Waals surface area contributed by atoms with Crippen molar-refractivity contribution in [2.45, 2.75) is 38.1 Å². The number of carbonyl (C=O) groups is 2. The highest BCUT2D eigenvalue weighted by molar-refractivity contribution is 7.89. The maximum Gasteiger partial charge on any atom is 0.243 e. The van der Waals surface area contributed by atoms with Crippen molar-refractivity contribution in [3.63, 3.8) is 0 Å². The van der Waals surface area contributed by atoms with Gasteiger partial charge in [0.2, 0.25) is 21.8 Å². The molecular weight excluding hydrogens is 420 g/mol. The fraction of sp³-hybridized carbons (Fsp3) is 0.619. The van der Waals surface area contributed by atoms with Crippen molar-refractivity contribution in [3.8, 4) is 0 Å². The van der Waals surface area contributed by atoms with Crippen molar-refractivity contribution in [2.24, 2.45) is 0 Å². The zero-order valence-electron chi connectivity index (χ0n) is 18.5. The lowest BCUT2D eigenvalue weighted by atomic mass is 10.1. The van der Waals surface area contributed by atoms with Crippen LogP contribution in [0.15, 0.2) is 23.1 Å². The van der Waals surface area contributed by atoms with Crippen molar-refractivity contribution < 1.29 is 22.7 Å². The minimum atomic E-state index is -3.61. The van der Waals surface area contributed by atoms with E-state index in [-0.39, 0.29) is 16.7 Å². The van der Waals surface area contributed by atoms with Gasteiger partial charge in [-0.2, -0.15) is 4.31 Å². The van der Waals surface area contributed by atoms with Crippen LogP contribution >= 0.6 is 0 Å². The normalized spacial score (nSPS) is 19.5. The molecule has 31 heavy (non-hydrogen) atoms. The molecule has 0 radical (unpaired) electrons. The van der Waals surface area contributed by atoms with Gasteiger partial charge in [0.25, 0.3) is 0 Å². The number of nitrogens with one attached hydrogen (secondary N) is 1. The van der Waals surface area contributed by atoms with E-state index in [1.54, 1.807) is 26.0 Å². The number of nitrogens with zero attached hydrogens (tertiary/aromatic N) is 3. The summed E-state index contributed by atoms with van der Waals surface area (Å²) < 4.78 is 32.5. The molecule has 1 aromatic rings. The van der Waals surface area contributed by atoms with Crippen molar-refractivity contribution in [1.29, 1.82) is 0 Å². The summed E-state index contributed by atoms with van der Waals surface area (Å²) in [6.07, 6.45) is 0.292. The van der Waals surface area contributed by atoms with Crippen LogP contribution in [0.2, 0.25) is 0 Å². The summed E-state index contributed by atoms with van der Waals surface area (Å²) in [5, 5.41) is 2.93. The van der Waals surface area contributed by atoms with Crippen molar-refractivity contribution >= 4 is 27.5 Å². The highest BCUT2D eigenvalue weighted by Gasteiger charge is 2.38. The van der Waals surface area contributed by atoms with Crippen molar-refractivity contribution in [2.75, 3.05) is 57.4 Å². The Labute approximate surface area is 184 Å². The number of hydrogen-bond acceptors (Lipinski definition) is 6. The van der Waals surface area contributed by atoms with Crippen LogP contribution in [0.5, 0.6) is 0 Å². The van der Waals surface area contributed by atoms with E-state index in [1.165, 1.54) is 22.2 Å². The molecule has 2 amide bonds. The van der Waals surface area contributed by atoms with E-state index < -0.39 is 16.1 Å². The maximum absolute atomic E-state index is 12.9. The third-order valence-electron chi connectivity index (χ3n) is 5.85. The number of benzene rings is 1. The van der Waals surface area contributed by atoms with Crippen LogP contribution in [0.1, 0.15) is 26.3 Å². The molecule has 3 rings (SSSR count). The van der Waals surface area contributed by atoms with E-state index in [9.17, 15) is 18.0 Å². The van der Waals surface area contributed by atoms with Gasteiger partial charge in [-0.15, -0.1) is 0 Å². The van der Waals surface area contributed by atoms with Crippen LogP contribution < -0.4 is 10.2 Å². The Bertz CT molecular complexity index is 910. The minimum absolute atomic E-state index is 0.187. The molecule has 0 unspecified atom stereocenters. The van der Waals surface area contributed by atoms with Gasteiger partial charge >= 0.3 is 0 Å². The summed E-state index contributed by atoms with van der Waals surface area (Å²) in [5.41, 5.74) is 1.29. The molecule has 1 fully saturated rings. The second-order valence-electron chi connectivity index (χ2n) is 7.73. The number of anilines is 1. The molecule has 1 atom stereocenters. The highest BCUT2D eigenvalue weighted by atomic mass is 32.2. The number of fused-ring (bicyclic) bond motifs is 1. The number of rotatable bonds is 8. The topological polar surface area (TPSA) is 99.3 Å². The van der Waals surface area contributed by atoms with E-state index in [0.29, 0.717) is 50.5 Å². The van der Waals surface area contributed by atoms with E-state index in [4.69, 9.17) is 4.74 Å². The van der Waals surface area contributed by atoms with Crippen molar-refractivity contribution in [1.82, 2.24) is 14.5 Å². The number of sulfonamides is 1. The maximum atomic E-state index is 12.9. The van der Waals surface area contributed by atoms with Gasteiger partial charge in [0.1, 0.15) is 6.04 Å². The average Bonchev–Trinajstić information content (AvgIpc) is 3.14. The Morgan fingerprint density at radius 1 is 1.19 bits per heavy atom. The molecule has 2 aliphatic rings. The summed E-state index contributed by atoms with van der Waals surface area (Å²) in [5.74, 6) is -0.473. The smallest absolute Gasteiger partial charge is 0.243 e. The monoisotopic (exact) mass is 452 g/mol. The second-order valence-corrected chi connectivity index (χ2v) is 9.67. The summed E-state index contributed by atoms with van der Waals surface area (Å²) in [6.45, 7) is 10.1. The van der Waals surface area contributed by atoms with Gasteiger partial charge < -0.3 is 10.1 Å². The zero-order chi connectivity index (χ0) is 22.6. The SMILES string of the molecule is CCN(CC)S(=O)(=O)c1ccc2c(c1)C[C@@H](C(=O)NCCN1CCOCC1)N2C(C)=O. The first-order valence-electron chi connectivity index (χ1n) is 10.8. The largest absolute Gasteiger partial charge is 0.379 e. The first kappa shape index (κ1) is 23.6. The van der Waals surface area contributed by atoms with E-state index in [0.717, 1.165) is 19.6 Å². The van der Waals surface area contributed by atoms with Crippen LogP contribution in [-0.4, -0.2) is 88.0 Å². The number of carbonyl (C=O) groups excluding carboxylic acids is 2. The summed E-state index contributed by atoms with van der Waals surface area (Å²) in [4.78, 5) is 29.1. The third kappa shape index (κ3) is 5.08. The van der Waals surface area contributed by atoms with Crippen LogP contribution in [0, 0.1) is 0 Å². The Morgan fingerprint density at radius 3 is 2.48 bits per heavy atom. The van der Waals surface area contributed by atoms with E-state index in [2.05, 4.69) is 10.2 Å². The first-order chi connectivity index (χ1) is 14.8. The fourth-order valence-electron chi connectivity index (χ4n) is 4.18. The molecule has 2 heterocycles. The van der Waals surface area contributed by atoms with Crippen LogP contribution in [0.3, 0.4) is 0 Å². The molecule has 9 nitrogen and oxygen atoms in total. The number of amides is 2. The lowest BCUT2D eigenvalue weighted by Crippen LogP contribution is -2.49. The number of ether oxygens (including phenoxy) is 1. The molecule has 1 saturated heterocycles. The Balaban J connectivity index is 1.73. The molecule has 0 bridgehead atoms. The standard InChI is InChI=1S/C21H32N4O5S/c1-4-24(5-2)31(28,29)18-6-7-19-17(14-18)15-20(25(19)16(3)26)21(27)22-8-9-23-10-12-30-13-11-23/h6-7,14,20H,4-5,8-13,15H2,1-3H3,(H,22,27)/t20-/m0/s1. The lowest BCUT2D eigenvalue weighted by Gasteiger charge is -2.27. The molecule has 0 spiro atoms. The lowest BCUT2D eigenvalue weighted by molar-refractivity contribution is -0.125. The summed E-state index contributed by atoms with van der Waals surface area (Å²) in [7, 11) is -3.61. The molecule has 0 aromatic heterocycles. The van der Waals surface area contributed by atoms with Gasteiger partial charge in [0.05, 0.1) is 18.1 Å². The fourth-order valence-corrected chi connectivity index (χ4v) is 5.69. The van der Waals surface area contributed by atoms with Crippen LogP contribution in [-0.2, 0) is 30.8 Å². The molecule has 10 heteroatoms. The van der Waals surface area contributed by atoms with Crippen LogP contribution in [0.25, 0.3) is 0 Å². The van der Waals surface area contributed by atoms with Gasteiger partial charge in [0.15, 0.2) is 0 Å². The zero-order valence-corrected chi connectivity index (χ0v) is 19.3. The second kappa shape index (κ2) is 10.1. The predicted molar refractivity (Wildman–Crippen MR) is 117 cm³/mol. The average molecular weight is 453 g/mol.